The first kappa shape index (κ1) is 10.3. The van der Waals surface area contributed by atoms with Crippen LogP contribution in [-0.2, 0) is 6.54 Å². The van der Waals surface area contributed by atoms with E-state index in [0.717, 1.165) is 19.5 Å². The average molecular weight is 182 g/mol. The second kappa shape index (κ2) is 5.04. The fourth-order valence-corrected chi connectivity index (χ4v) is 1.29. The van der Waals surface area contributed by atoms with Crippen molar-refractivity contribution in [2.75, 3.05) is 13.6 Å². The molecule has 3 nitrogen and oxygen atoms in total. The van der Waals surface area contributed by atoms with Gasteiger partial charge in [0, 0.05) is 24.7 Å². The van der Waals surface area contributed by atoms with Crippen LogP contribution in [0.25, 0.3) is 0 Å². The van der Waals surface area contributed by atoms with Gasteiger partial charge in [-0.3, -0.25) is 0 Å². The van der Waals surface area contributed by atoms with Gasteiger partial charge in [0.25, 0.3) is 0 Å². The van der Waals surface area contributed by atoms with E-state index < -0.39 is 0 Å². The van der Waals surface area contributed by atoms with Crippen LogP contribution in [-0.4, -0.2) is 24.5 Å². The first-order valence-electron chi connectivity index (χ1n) is 4.67. The van der Waals surface area contributed by atoms with Crippen LogP contribution in [0.3, 0.4) is 0 Å². The van der Waals surface area contributed by atoms with Gasteiger partial charge in [-0.2, -0.15) is 0 Å². The van der Waals surface area contributed by atoms with Crippen molar-refractivity contribution in [3.8, 4) is 0 Å². The van der Waals surface area contributed by atoms with Crippen LogP contribution in [0.5, 0.6) is 0 Å². The standard InChI is InChI=1S/C10H18N2O/c1-3-10(11)7-12(2)6-9-4-5-13-8-9/h4-5,8,10H,3,6-7,11H2,1-2H3. The molecule has 0 spiro atoms. The monoisotopic (exact) mass is 182 g/mol. The highest BCUT2D eigenvalue weighted by molar-refractivity contribution is 5.04. The lowest BCUT2D eigenvalue weighted by Gasteiger charge is -2.19. The van der Waals surface area contributed by atoms with Crippen molar-refractivity contribution in [1.82, 2.24) is 4.90 Å². The molecule has 0 bridgehead atoms. The van der Waals surface area contributed by atoms with Gasteiger partial charge in [0.2, 0.25) is 0 Å². The molecule has 1 heterocycles. The molecular formula is C10H18N2O. The van der Waals surface area contributed by atoms with Gasteiger partial charge in [-0.1, -0.05) is 6.92 Å². The minimum Gasteiger partial charge on any atom is -0.472 e. The zero-order valence-electron chi connectivity index (χ0n) is 8.36. The minimum atomic E-state index is 0.275. The summed E-state index contributed by atoms with van der Waals surface area (Å²) >= 11 is 0. The van der Waals surface area contributed by atoms with Crippen LogP contribution in [0.4, 0.5) is 0 Å². The van der Waals surface area contributed by atoms with E-state index in [1.54, 1.807) is 12.5 Å². The van der Waals surface area contributed by atoms with Crippen LogP contribution < -0.4 is 5.73 Å². The molecule has 0 amide bonds. The van der Waals surface area contributed by atoms with E-state index >= 15 is 0 Å². The van der Waals surface area contributed by atoms with Crippen molar-refractivity contribution in [3.05, 3.63) is 24.2 Å². The van der Waals surface area contributed by atoms with Crippen LogP contribution in [0.2, 0.25) is 0 Å². The highest BCUT2D eigenvalue weighted by Crippen LogP contribution is 2.04. The van der Waals surface area contributed by atoms with Gasteiger partial charge in [0.1, 0.15) is 0 Å². The van der Waals surface area contributed by atoms with Gasteiger partial charge in [-0.05, 0) is 19.5 Å². The molecule has 74 valence electrons. The molecule has 1 aromatic heterocycles. The van der Waals surface area contributed by atoms with Crippen molar-refractivity contribution < 1.29 is 4.42 Å². The van der Waals surface area contributed by atoms with E-state index in [-0.39, 0.29) is 6.04 Å². The molecule has 1 unspecified atom stereocenters. The summed E-state index contributed by atoms with van der Waals surface area (Å²) in [6, 6.07) is 2.26. The Balaban J connectivity index is 2.29. The number of rotatable bonds is 5. The summed E-state index contributed by atoms with van der Waals surface area (Å²) in [6.45, 7) is 3.95. The third-order valence-electron chi connectivity index (χ3n) is 2.10. The molecule has 0 radical (unpaired) electrons. The van der Waals surface area contributed by atoms with Gasteiger partial charge < -0.3 is 15.1 Å². The Morgan fingerprint density at radius 2 is 2.38 bits per heavy atom. The summed E-state index contributed by atoms with van der Waals surface area (Å²) in [7, 11) is 2.07. The lowest BCUT2D eigenvalue weighted by molar-refractivity contribution is 0.299. The lowest BCUT2D eigenvalue weighted by Crippen LogP contribution is -2.34. The molecule has 1 atom stereocenters. The SMILES string of the molecule is CCC(N)CN(C)Cc1ccoc1. The Labute approximate surface area is 79.5 Å². The second-order valence-electron chi connectivity index (χ2n) is 3.50. The maximum atomic E-state index is 5.84. The summed E-state index contributed by atoms with van der Waals surface area (Å²) < 4.78 is 4.99. The Morgan fingerprint density at radius 3 is 2.92 bits per heavy atom. The summed E-state index contributed by atoms with van der Waals surface area (Å²) in [5.74, 6) is 0. The molecular weight excluding hydrogens is 164 g/mol. The van der Waals surface area contributed by atoms with Gasteiger partial charge >= 0.3 is 0 Å². The van der Waals surface area contributed by atoms with Gasteiger partial charge in [-0.15, -0.1) is 0 Å². The molecule has 13 heavy (non-hydrogen) atoms. The van der Waals surface area contributed by atoms with E-state index in [4.69, 9.17) is 10.2 Å². The summed E-state index contributed by atoms with van der Waals surface area (Å²) in [5.41, 5.74) is 7.04. The van der Waals surface area contributed by atoms with Crippen molar-refractivity contribution in [3.63, 3.8) is 0 Å². The van der Waals surface area contributed by atoms with E-state index in [9.17, 15) is 0 Å². The molecule has 0 aliphatic carbocycles. The number of furan rings is 1. The summed E-state index contributed by atoms with van der Waals surface area (Å²) in [6.07, 6.45) is 4.49. The van der Waals surface area contributed by atoms with Crippen molar-refractivity contribution >= 4 is 0 Å². The third kappa shape index (κ3) is 3.61. The summed E-state index contributed by atoms with van der Waals surface area (Å²) in [4.78, 5) is 2.21. The van der Waals surface area contributed by atoms with Gasteiger partial charge in [0.05, 0.1) is 12.5 Å². The average Bonchev–Trinajstić information content (AvgIpc) is 2.56. The number of nitrogens with zero attached hydrogens (tertiary/aromatic N) is 1. The predicted molar refractivity (Wildman–Crippen MR) is 53.3 cm³/mol. The molecule has 0 aliphatic heterocycles. The smallest absolute Gasteiger partial charge is 0.0947 e. The van der Waals surface area contributed by atoms with Crippen molar-refractivity contribution in [2.45, 2.75) is 25.9 Å². The highest BCUT2D eigenvalue weighted by atomic mass is 16.3. The fraction of sp³-hybridized carbons (Fsp3) is 0.600. The van der Waals surface area contributed by atoms with E-state index in [2.05, 4.69) is 18.9 Å². The molecule has 0 saturated heterocycles. The lowest BCUT2D eigenvalue weighted by atomic mass is 10.2. The van der Waals surface area contributed by atoms with E-state index in [0.29, 0.717) is 0 Å². The number of nitrogens with two attached hydrogens (primary N) is 1. The van der Waals surface area contributed by atoms with Crippen LogP contribution in [0, 0.1) is 0 Å². The topological polar surface area (TPSA) is 42.4 Å². The fourth-order valence-electron chi connectivity index (χ4n) is 1.29. The van der Waals surface area contributed by atoms with Crippen LogP contribution >= 0.6 is 0 Å². The van der Waals surface area contributed by atoms with Crippen LogP contribution in [0.15, 0.2) is 23.0 Å². The van der Waals surface area contributed by atoms with Crippen molar-refractivity contribution in [2.24, 2.45) is 5.73 Å². The maximum Gasteiger partial charge on any atom is 0.0947 e. The molecule has 1 rings (SSSR count). The molecule has 2 N–H and O–H groups in total. The molecule has 0 saturated carbocycles. The predicted octanol–water partition coefficient (Wildman–Crippen LogP) is 1.45. The number of likely N-dealkylation sites (N-methyl/N-ethyl adjacent to an activating group) is 1. The largest absolute Gasteiger partial charge is 0.472 e. The number of hydrogen-bond donors (Lipinski definition) is 1. The van der Waals surface area contributed by atoms with Gasteiger partial charge in [-0.25, -0.2) is 0 Å². The molecule has 0 aromatic carbocycles. The molecule has 0 fully saturated rings. The Morgan fingerprint density at radius 1 is 1.62 bits per heavy atom. The Bertz CT molecular complexity index is 221. The Kier molecular flexibility index (Phi) is 3.99. The number of hydrogen-bond acceptors (Lipinski definition) is 3. The highest BCUT2D eigenvalue weighted by Gasteiger charge is 2.05. The third-order valence-corrected chi connectivity index (χ3v) is 2.10. The zero-order valence-corrected chi connectivity index (χ0v) is 8.36. The second-order valence-corrected chi connectivity index (χ2v) is 3.50. The molecule has 0 aliphatic rings. The van der Waals surface area contributed by atoms with Crippen LogP contribution in [0.1, 0.15) is 18.9 Å². The van der Waals surface area contributed by atoms with Crippen molar-refractivity contribution in [1.29, 1.82) is 0 Å². The quantitative estimate of drug-likeness (QED) is 0.749. The van der Waals surface area contributed by atoms with E-state index in [1.807, 2.05) is 6.07 Å². The first-order chi connectivity index (χ1) is 6.22. The minimum absolute atomic E-state index is 0.275. The first-order valence-corrected chi connectivity index (χ1v) is 4.67. The molecule has 1 aromatic rings. The zero-order chi connectivity index (χ0) is 9.68. The normalized spacial score (nSPS) is 13.5. The van der Waals surface area contributed by atoms with Gasteiger partial charge in [0.15, 0.2) is 0 Å². The Hall–Kier alpha value is -0.800. The molecule has 3 heteroatoms. The summed E-state index contributed by atoms with van der Waals surface area (Å²) in [5, 5.41) is 0. The van der Waals surface area contributed by atoms with E-state index in [1.165, 1.54) is 5.56 Å². The maximum absolute atomic E-state index is 5.84.